The SMILES string of the molecule is Clc1cc(-c2nc(-c3ccccc3)nc(-c3cccc(-c4ccc5oc6ccccc6c5c4)c3)n2)ccc1-c1ccccc1. The van der Waals surface area contributed by atoms with Crippen LogP contribution in [0.2, 0.25) is 5.02 Å². The van der Waals surface area contributed by atoms with Gasteiger partial charge in [-0.15, -0.1) is 0 Å². The van der Waals surface area contributed by atoms with Crippen molar-refractivity contribution in [1.82, 2.24) is 15.0 Å². The minimum atomic E-state index is 0.562. The monoisotopic (exact) mass is 585 g/mol. The van der Waals surface area contributed by atoms with Crippen molar-refractivity contribution in [3.63, 3.8) is 0 Å². The fourth-order valence-electron chi connectivity index (χ4n) is 5.60. The molecule has 2 heterocycles. The molecular formula is C39H24ClN3O. The third-order valence-electron chi connectivity index (χ3n) is 7.81. The molecule has 0 spiro atoms. The molecule has 2 aromatic heterocycles. The zero-order chi connectivity index (χ0) is 29.5. The lowest BCUT2D eigenvalue weighted by atomic mass is 10.0. The second kappa shape index (κ2) is 10.9. The number of hydrogen-bond acceptors (Lipinski definition) is 4. The van der Waals surface area contributed by atoms with Crippen LogP contribution in [0, 0.1) is 0 Å². The molecule has 8 rings (SSSR count). The predicted molar refractivity (Wildman–Crippen MR) is 179 cm³/mol. The van der Waals surface area contributed by atoms with Crippen LogP contribution in [0.15, 0.2) is 150 Å². The molecule has 6 aromatic carbocycles. The van der Waals surface area contributed by atoms with Gasteiger partial charge in [-0.05, 0) is 47.0 Å². The molecule has 0 aliphatic carbocycles. The normalized spacial score (nSPS) is 11.3. The van der Waals surface area contributed by atoms with Crippen molar-refractivity contribution in [3.8, 4) is 56.4 Å². The first-order chi connectivity index (χ1) is 21.7. The molecule has 5 heteroatoms. The van der Waals surface area contributed by atoms with Crippen LogP contribution in [0.5, 0.6) is 0 Å². The number of para-hydroxylation sites is 1. The second-order valence-corrected chi connectivity index (χ2v) is 11.0. The molecule has 0 bridgehead atoms. The lowest BCUT2D eigenvalue weighted by Gasteiger charge is -2.11. The minimum Gasteiger partial charge on any atom is -0.456 e. The van der Waals surface area contributed by atoms with Crippen LogP contribution in [0.3, 0.4) is 0 Å². The summed E-state index contributed by atoms with van der Waals surface area (Å²) >= 11 is 6.81. The first-order valence-electron chi connectivity index (χ1n) is 14.4. The summed E-state index contributed by atoms with van der Waals surface area (Å²) in [5, 5.41) is 2.83. The molecule has 0 unspecified atom stereocenters. The summed E-state index contributed by atoms with van der Waals surface area (Å²) in [6, 6.07) is 48.8. The average Bonchev–Trinajstić information content (AvgIpc) is 3.47. The Labute approximate surface area is 259 Å². The molecule has 208 valence electrons. The maximum Gasteiger partial charge on any atom is 0.164 e. The maximum atomic E-state index is 6.81. The molecule has 4 nitrogen and oxygen atoms in total. The highest BCUT2D eigenvalue weighted by atomic mass is 35.5. The second-order valence-electron chi connectivity index (χ2n) is 10.6. The Morgan fingerprint density at radius 2 is 0.932 bits per heavy atom. The van der Waals surface area contributed by atoms with Gasteiger partial charge in [0.05, 0.1) is 0 Å². The number of hydrogen-bond donors (Lipinski definition) is 0. The van der Waals surface area contributed by atoms with Crippen LogP contribution < -0.4 is 0 Å². The summed E-state index contributed by atoms with van der Waals surface area (Å²) in [5.41, 5.74) is 8.57. The van der Waals surface area contributed by atoms with Gasteiger partial charge in [0.25, 0.3) is 0 Å². The van der Waals surface area contributed by atoms with Gasteiger partial charge in [-0.3, -0.25) is 0 Å². The molecule has 0 saturated heterocycles. The van der Waals surface area contributed by atoms with Crippen LogP contribution in [-0.4, -0.2) is 15.0 Å². The van der Waals surface area contributed by atoms with Crippen LogP contribution in [0.1, 0.15) is 0 Å². The van der Waals surface area contributed by atoms with E-state index in [4.69, 9.17) is 31.0 Å². The van der Waals surface area contributed by atoms with Crippen molar-refractivity contribution in [2.75, 3.05) is 0 Å². The molecule has 44 heavy (non-hydrogen) atoms. The standard InChI is InChI=1S/C39H24ClN3O/c40-34-24-30(18-20-31(34)25-10-3-1-4-11-25)39-42-37(26-12-5-2-6-13-26)41-38(43-39)29-15-9-14-27(22-29)28-19-21-36-33(23-28)32-16-7-8-17-35(32)44-36/h1-24H. The third-order valence-corrected chi connectivity index (χ3v) is 8.12. The number of rotatable bonds is 5. The number of benzene rings is 6. The fraction of sp³-hybridized carbons (Fsp3) is 0. The Morgan fingerprint density at radius 3 is 1.68 bits per heavy atom. The van der Waals surface area contributed by atoms with Crippen LogP contribution in [0.25, 0.3) is 78.4 Å². The Kier molecular flexibility index (Phi) is 6.47. The summed E-state index contributed by atoms with van der Waals surface area (Å²) in [7, 11) is 0. The predicted octanol–water partition coefficient (Wildman–Crippen LogP) is 10.8. The molecule has 0 aliphatic heterocycles. The largest absolute Gasteiger partial charge is 0.456 e. The Hall–Kier alpha value is -5.58. The quantitative estimate of drug-likeness (QED) is 0.201. The van der Waals surface area contributed by atoms with Crippen molar-refractivity contribution >= 4 is 33.5 Å². The van der Waals surface area contributed by atoms with E-state index < -0.39 is 0 Å². The van der Waals surface area contributed by atoms with E-state index in [2.05, 4.69) is 42.5 Å². The van der Waals surface area contributed by atoms with Crippen LogP contribution in [0.4, 0.5) is 0 Å². The Morgan fingerprint density at radius 1 is 0.386 bits per heavy atom. The van der Waals surface area contributed by atoms with Crippen molar-refractivity contribution in [2.45, 2.75) is 0 Å². The van der Waals surface area contributed by atoms with Gasteiger partial charge in [0.1, 0.15) is 11.2 Å². The van der Waals surface area contributed by atoms with E-state index in [0.717, 1.165) is 60.9 Å². The summed E-state index contributed by atoms with van der Waals surface area (Å²) in [5.74, 6) is 1.76. The van der Waals surface area contributed by atoms with Gasteiger partial charge < -0.3 is 4.42 Å². The molecule has 8 aromatic rings. The zero-order valence-corrected chi connectivity index (χ0v) is 24.2. The smallest absolute Gasteiger partial charge is 0.164 e. The molecular weight excluding hydrogens is 562 g/mol. The number of halogens is 1. The molecule has 0 saturated carbocycles. The van der Waals surface area contributed by atoms with Crippen LogP contribution >= 0.6 is 11.6 Å². The van der Waals surface area contributed by atoms with E-state index >= 15 is 0 Å². The fourth-order valence-corrected chi connectivity index (χ4v) is 5.89. The first-order valence-corrected chi connectivity index (χ1v) is 14.8. The third kappa shape index (κ3) is 4.81. The van der Waals surface area contributed by atoms with Crippen molar-refractivity contribution < 1.29 is 4.42 Å². The van der Waals surface area contributed by atoms with Crippen molar-refractivity contribution in [3.05, 3.63) is 151 Å². The number of aromatic nitrogens is 3. The van der Waals surface area contributed by atoms with E-state index in [1.54, 1.807) is 0 Å². The molecule has 0 atom stereocenters. The Balaban J connectivity index is 1.24. The van der Waals surface area contributed by atoms with E-state index in [-0.39, 0.29) is 0 Å². The van der Waals surface area contributed by atoms with Gasteiger partial charge in [0.15, 0.2) is 17.5 Å². The van der Waals surface area contributed by atoms with Crippen LogP contribution in [-0.2, 0) is 0 Å². The lowest BCUT2D eigenvalue weighted by molar-refractivity contribution is 0.669. The van der Waals surface area contributed by atoms with E-state index in [0.29, 0.717) is 22.5 Å². The summed E-state index contributed by atoms with van der Waals surface area (Å²) in [6.07, 6.45) is 0. The van der Waals surface area contributed by atoms with E-state index in [1.807, 2.05) is 103 Å². The van der Waals surface area contributed by atoms with Gasteiger partial charge in [0, 0.05) is 38.0 Å². The van der Waals surface area contributed by atoms with Gasteiger partial charge in [-0.2, -0.15) is 0 Å². The molecule has 0 N–H and O–H groups in total. The lowest BCUT2D eigenvalue weighted by Crippen LogP contribution is -2.00. The number of furan rings is 1. The first kappa shape index (κ1) is 26.1. The number of nitrogens with zero attached hydrogens (tertiary/aromatic N) is 3. The Bertz CT molecular complexity index is 2300. The minimum absolute atomic E-state index is 0.562. The van der Waals surface area contributed by atoms with Gasteiger partial charge in [-0.1, -0.05) is 127 Å². The van der Waals surface area contributed by atoms with E-state index in [1.165, 1.54) is 0 Å². The molecule has 0 amide bonds. The highest BCUT2D eigenvalue weighted by molar-refractivity contribution is 6.33. The zero-order valence-electron chi connectivity index (χ0n) is 23.5. The summed E-state index contributed by atoms with van der Waals surface area (Å²) < 4.78 is 6.05. The molecule has 0 aliphatic rings. The van der Waals surface area contributed by atoms with E-state index in [9.17, 15) is 0 Å². The van der Waals surface area contributed by atoms with Gasteiger partial charge in [0.2, 0.25) is 0 Å². The summed E-state index contributed by atoms with van der Waals surface area (Å²) in [6.45, 7) is 0. The summed E-state index contributed by atoms with van der Waals surface area (Å²) in [4.78, 5) is 14.8. The average molecular weight is 586 g/mol. The highest BCUT2D eigenvalue weighted by Gasteiger charge is 2.15. The van der Waals surface area contributed by atoms with Gasteiger partial charge in [-0.25, -0.2) is 15.0 Å². The van der Waals surface area contributed by atoms with Gasteiger partial charge >= 0.3 is 0 Å². The topological polar surface area (TPSA) is 51.8 Å². The highest BCUT2D eigenvalue weighted by Crippen LogP contribution is 2.35. The van der Waals surface area contributed by atoms with Crippen molar-refractivity contribution in [2.24, 2.45) is 0 Å². The maximum absolute atomic E-state index is 6.81. The molecule has 0 radical (unpaired) electrons. The van der Waals surface area contributed by atoms with Crippen molar-refractivity contribution in [1.29, 1.82) is 0 Å². The molecule has 0 fully saturated rings. The number of fused-ring (bicyclic) bond motifs is 3.